The molecular weight excluding hydrogens is 372 g/mol. The minimum absolute atomic E-state index is 0.139. The number of benzene rings is 1. The highest BCUT2D eigenvalue weighted by molar-refractivity contribution is 7.80. The quantitative estimate of drug-likeness (QED) is 0.470. The van der Waals surface area contributed by atoms with Gasteiger partial charge in [-0.2, -0.15) is 0 Å². The normalized spacial score (nSPS) is 10.8. The van der Waals surface area contributed by atoms with Gasteiger partial charge >= 0.3 is 0 Å². The van der Waals surface area contributed by atoms with E-state index in [1.54, 1.807) is 30.3 Å². The minimum atomic E-state index is -0.382. The first-order valence-electron chi connectivity index (χ1n) is 7.51. The Morgan fingerprint density at radius 1 is 1.27 bits per heavy atom. The van der Waals surface area contributed by atoms with Gasteiger partial charge in [0.25, 0.3) is 0 Å². The summed E-state index contributed by atoms with van der Waals surface area (Å²) in [5, 5.41) is 8.81. The standard InChI is InChI=1S/C17H14N4O3S2/c1-10(22)18-11-4-6-13-14(9-11)26-17(19-13)21-16(25)20-15(23)7-5-12-3-2-8-24-12/h2-9H,1H3,(H,18,22)(H2,19,20,21,23,25)/b7-5+. The minimum Gasteiger partial charge on any atom is -0.465 e. The number of furan rings is 1. The molecule has 26 heavy (non-hydrogen) atoms. The third-order valence-electron chi connectivity index (χ3n) is 3.11. The average molecular weight is 386 g/mol. The van der Waals surface area contributed by atoms with Crippen LogP contribution in [0.1, 0.15) is 12.7 Å². The van der Waals surface area contributed by atoms with Crippen LogP contribution in [0.2, 0.25) is 0 Å². The number of thiocarbonyl (C=S) groups is 1. The van der Waals surface area contributed by atoms with Gasteiger partial charge in [0.1, 0.15) is 5.76 Å². The van der Waals surface area contributed by atoms with Gasteiger partial charge in [0.2, 0.25) is 11.8 Å². The lowest BCUT2D eigenvalue weighted by molar-refractivity contribution is -0.115. The van der Waals surface area contributed by atoms with E-state index in [1.807, 2.05) is 6.07 Å². The zero-order valence-electron chi connectivity index (χ0n) is 13.6. The number of carbonyl (C=O) groups is 2. The van der Waals surface area contributed by atoms with Gasteiger partial charge < -0.3 is 15.1 Å². The molecule has 1 aromatic carbocycles. The molecule has 0 spiro atoms. The molecule has 0 aliphatic carbocycles. The maximum Gasteiger partial charge on any atom is 0.250 e. The number of hydrogen-bond donors (Lipinski definition) is 3. The molecule has 0 radical (unpaired) electrons. The largest absolute Gasteiger partial charge is 0.465 e. The molecule has 7 nitrogen and oxygen atoms in total. The third kappa shape index (κ3) is 4.74. The van der Waals surface area contributed by atoms with Gasteiger partial charge in [-0.15, -0.1) is 0 Å². The number of rotatable bonds is 4. The second kappa shape index (κ2) is 7.89. The van der Waals surface area contributed by atoms with E-state index in [2.05, 4.69) is 20.9 Å². The Kier molecular flexibility index (Phi) is 5.40. The Hall–Kier alpha value is -3.04. The van der Waals surface area contributed by atoms with Crippen LogP contribution in [0.25, 0.3) is 16.3 Å². The monoisotopic (exact) mass is 386 g/mol. The predicted octanol–water partition coefficient (Wildman–Crippen LogP) is 3.37. The fourth-order valence-electron chi connectivity index (χ4n) is 2.08. The summed E-state index contributed by atoms with van der Waals surface area (Å²) in [7, 11) is 0. The van der Waals surface area contributed by atoms with Crippen molar-refractivity contribution in [2.24, 2.45) is 0 Å². The molecule has 2 aromatic heterocycles. The SMILES string of the molecule is CC(=O)Nc1ccc2nc(NC(=S)NC(=O)/C=C/c3ccco3)sc2c1. The summed E-state index contributed by atoms with van der Waals surface area (Å²) in [6, 6.07) is 8.86. The topological polar surface area (TPSA) is 96.3 Å². The van der Waals surface area contributed by atoms with Crippen molar-refractivity contribution in [1.29, 1.82) is 0 Å². The van der Waals surface area contributed by atoms with Gasteiger partial charge in [0.05, 0.1) is 16.5 Å². The number of thiazole rings is 1. The highest BCUT2D eigenvalue weighted by atomic mass is 32.1. The molecule has 0 fully saturated rings. The summed E-state index contributed by atoms with van der Waals surface area (Å²) in [5.41, 5.74) is 1.46. The summed E-state index contributed by atoms with van der Waals surface area (Å²) < 4.78 is 5.98. The molecule has 0 saturated heterocycles. The highest BCUT2D eigenvalue weighted by Gasteiger charge is 2.08. The third-order valence-corrected chi connectivity index (χ3v) is 4.25. The molecule has 2 heterocycles. The van der Waals surface area contributed by atoms with Gasteiger partial charge in [-0.25, -0.2) is 4.98 Å². The number of carbonyl (C=O) groups excluding carboxylic acids is 2. The number of anilines is 2. The van der Waals surface area contributed by atoms with E-state index in [-0.39, 0.29) is 16.9 Å². The molecule has 2 amide bonds. The lowest BCUT2D eigenvalue weighted by atomic mass is 10.3. The van der Waals surface area contributed by atoms with Crippen LogP contribution >= 0.6 is 23.6 Å². The molecule has 0 saturated carbocycles. The van der Waals surface area contributed by atoms with Gasteiger partial charge in [0, 0.05) is 18.7 Å². The zero-order valence-corrected chi connectivity index (χ0v) is 15.2. The van der Waals surface area contributed by atoms with E-state index in [0.29, 0.717) is 16.6 Å². The van der Waals surface area contributed by atoms with E-state index in [1.165, 1.54) is 30.6 Å². The second-order valence-electron chi connectivity index (χ2n) is 5.17. The van der Waals surface area contributed by atoms with Crippen LogP contribution in [0.15, 0.2) is 47.1 Å². The average Bonchev–Trinajstić information content (AvgIpc) is 3.20. The van der Waals surface area contributed by atoms with E-state index in [0.717, 1.165) is 10.2 Å². The Labute approximate surface area is 158 Å². The van der Waals surface area contributed by atoms with E-state index >= 15 is 0 Å². The van der Waals surface area contributed by atoms with Crippen LogP contribution < -0.4 is 16.0 Å². The lowest BCUT2D eigenvalue weighted by Gasteiger charge is -2.04. The van der Waals surface area contributed by atoms with Crippen LogP contribution in [-0.2, 0) is 9.59 Å². The van der Waals surface area contributed by atoms with Crippen LogP contribution in [-0.4, -0.2) is 21.9 Å². The Morgan fingerprint density at radius 2 is 2.12 bits per heavy atom. The predicted molar refractivity (Wildman–Crippen MR) is 106 cm³/mol. The summed E-state index contributed by atoms with van der Waals surface area (Å²) >= 11 is 6.48. The molecule has 9 heteroatoms. The van der Waals surface area contributed by atoms with Crippen LogP contribution in [0, 0.1) is 0 Å². The molecule has 3 N–H and O–H groups in total. The number of aromatic nitrogens is 1. The number of fused-ring (bicyclic) bond motifs is 1. The van der Waals surface area contributed by atoms with Crippen LogP contribution in [0.5, 0.6) is 0 Å². The van der Waals surface area contributed by atoms with Crippen molar-refractivity contribution in [2.75, 3.05) is 10.6 Å². The lowest BCUT2D eigenvalue weighted by Crippen LogP contribution is -2.32. The fourth-order valence-corrected chi connectivity index (χ4v) is 3.26. The van der Waals surface area contributed by atoms with E-state index in [4.69, 9.17) is 16.6 Å². The maximum atomic E-state index is 11.8. The second-order valence-corrected chi connectivity index (χ2v) is 6.61. The zero-order chi connectivity index (χ0) is 18.5. The molecule has 3 aromatic rings. The van der Waals surface area contributed by atoms with Crippen LogP contribution in [0.4, 0.5) is 10.8 Å². The van der Waals surface area contributed by atoms with Crippen molar-refractivity contribution in [3.05, 3.63) is 48.4 Å². The molecule has 0 aliphatic heterocycles. The first kappa shape index (κ1) is 17.8. The van der Waals surface area contributed by atoms with E-state index < -0.39 is 0 Å². The summed E-state index contributed by atoms with van der Waals surface area (Å²) in [4.78, 5) is 27.4. The Morgan fingerprint density at radius 3 is 2.85 bits per heavy atom. The molecule has 3 rings (SSSR count). The van der Waals surface area contributed by atoms with Crippen molar-refractivity contribution < 1.29 is 14.0 Å². The summed E-state index contributed by atoms with van der Waals surface area (Å²) in [5.74, 6) is 0.0480. The van der Waals surface area contributed by atoms with Crippen molar-refractivity contribution in [3.8, 4) is 0 Å². The van der Waals surface area contributed by atoms with Gasteiger partial charge in [-0.3, -0.25) is 14.9 Å². The Balaban J connectivity index is 1.61. The molecular formula is C17H14N4O3S2. The van der Waals surface area contributed by atoms with Gasteiger partial charge in [-0.05, 0) is 48.6 Å². The summed E-state index contributed by atoms with van der Waals surface area (Å²) in [6.07, 6.45) is 4.39. The van der Waals surface area contributed by atoms with Crippen molar-refractivity contribution in [3.63, 3.8) is 0 Å². The van der Waals surface area contributed by atoms with Crippen molar-refractivity contribution in [1.82, 2.24) is 10.3 Å². The molecule has 0 bridgehead atoms. The fraction of sp³-hybridized carbons (Fsp3) is 0.0588. The Bertz CT molecular complexity index is 993. The molecule has 132 valence electrons. The first-order valence-corrected chi connectivity index (χ1v) is 8.74. The summed E-state index contributed by atoms with van der Waals surface area (Å²) in [6.45, 7) is 1.45. The molecule has 0 atom stereocenters. The van der Waals surface area contributed by atoms with Crippen molar-refractivity contribution in [2.45, 2.75) is 6.92 Å². The first-order chi connectivity index (χ1) is 12.5. The highest BCUT2D eigenvalue weighted by Crippen LogP contribution is 2.28. The van der Waals surface area contributed by atoms with Crippen molar-refractivity contribution >= 4 is 67.6 Å². The maximum absolute atomic E-state index is 11.8. The molecule has 0 unspecified atom stereocenters. The van der Waals surface area contributed by atoms with Gasteiger partial charge in [-0.1, -0.05) is 11.3 Å². The number of hydrogen-bond acceptors (Lipinski definition) is 6. The number of nitrogens with zero attached hydrogens (tertiary/aromatic N) is 1. The van der Waals surface area contributed by atoms with E-state index in [9.17, 15) is 9.59 Å². The number of nitrogens with one attached hydrogen (secondary N) is 3. The van der Waals surface area contributed by atoms with Crippen LogP contribution in [0.3, 0.4) is 0 Å². The number of amides is 2. The molecule has 0 aliphatic rings. The smallest absolute Gasteiger partial charge is 0.250 e. The van der Waals surface area contributed by atoms with Gasteiger partial charge in [0.15, 0.2) is 10.2 Å².